The van der Waals surface area contributed by atoms with Gasteiger partial charge in [0.1, 0.15) is 6.61 Å². The molecule has 0 aliphatic heterocycles. The molecule has 3 atom stereocenters. The normalized spacial score (nSPS) is 14.4. The molecule has 0 spiro atoms. The van der Waals surface area contributed by atoms with E-state index in [1.54, 1.807) is 6.08 Å². The van der Waals surface area contributed by atoms with Crippen LogP contribution in [0, 0.1) is 0 Å². The zero-order valence-electron chi connectivity index (χ0n) is 34.1. The summed E-state index contributed by atoms with van der Waals surface area (Å²) in [5.74, 6) is -0.889. The van der Waals surface area contributed by atoms with Crippen molar-refractivity contribution in [3.8, 4) is 0 Å². The van der Waals surface area contributed by atoms with Crippen molar-refractivity contribution in [2.24, 2.45) is 5.73 Å². The third-order valence-electron chi connectivity index (χ3n) is 8.78. The van der Waals surface area contributed by atoms with E-state index in [4.69, 9.17) is 24.3 Å². The molecule has 0 heterocycles. The topological polar surface area (TPSA) is 155 Å². The number of phosphoric acid groups is 1. The van der Waals surface area contributed by atoms with Crippen LogP contribution in [0.25, 0.3) is 0 Å². The maximum absolute atomic E-state index is 12.6. The van der Waals surface area contributed by atoms with Crippen LogP contribution in [-0.2, 0) is 32.7 Å². The van der Waals surface area contributed by atoms with E-state index in [0.717, 1.165) is 64.2 Å². The molecule has 4 N–H and O–H groups in total. The molecule has 0 fully saturated rings. The first-order valence-corrected chi connectivity index (χ1v) is 22.7. The first-order chi connectivity index (χ1) is 26.2. The van der Waals surface area contributed by atoms with Crippen LogP contribution < -0.4 is 5.73 Å². The van der Waals surface area contributed by atoms with E-state index in [1.807, 2.05) is 24.3 Å². The maximum Gasteiger partial charge on any atom is 0.472 e. The SMILES string of the molecule is CC/C=C/CC(O)/C=C/C=C/CCCCCCCC(=O)OC[C@H](COP(=O)(O)OCCN)OC(=O)CCCCCCCCC/C=C\CCCCCCCC. The van der Waals surface area contributed by atoms with E-state index in [0.29, 0.717) is 19.3 Å². The molecule has 0 aliphatic rings. The van der Waals surface area contributed by atoms with Crippen molar-refractivity contribution in [1.29, 1.82) is 0 Å². The Morgan fingerprint density at radius 3 is 1.76 bits per heavy atom. The van der Waals surface area contributed by atoms with Crippen molar-refractivity contribution >= 4 is 19.8 Å². The number of carbonyl (C=O) groups excluding carboxylic acids is 2. The van der Waals surface area contributed by atoms with Crippen molar-refractivity contribution in [3.63, 3.8) is 0 Å². The van der Waals surface area contributed by atoms with Gasteiger partial charge in [0, 0.05) is 19.4 Å². The van der Waals surface area contributed by atoms with Crippen LogP contribution in [0.2, 0.25) is 0 Å². The number of allylic oxidation sites excluding steroid dienone is 6. The van der Waals surface area contributed by atoms with Crippen molar-refractivity contribution < 1.29 is 42.7 Å². The predicted octanol–water partition coefficient (Wildman–Crippen LogP) is 10.9. The molecule has 0 radical (unpaired) electrons. The highest BCUT2D eigenvalue weighted by atomic mass is 31.2. The number of phosphoric ester groups is 1. The van der Waals surface area contributed by atoms with Crippen LogP contribution in [0.5, 0.6) is 0 Å². The Balaban J connectivity index is 4.24. The Bertz CT molecular complexity index is 1050. The van der Waals surface area contributed by atoms with Gasteiger partial charge in [-0.1, -0.05) is 146 Å². The van der Waals surface area contributed by atoms with Crippen molar-refractivity contribution in [2.75, 3.05) is 26.4 Å². The van der Waals surface area contributed by atoms with Gasteiger partial charge < -0.3 is 25.2 Å². The number of esters is 2. The van der Waals surface area contributed by atoms with E-state index in [1.165, 1.54) is 64.2 Å². The number of hydrogen-bond acceptors (Lipinski definition) is 9. The van der Waals surface area contributed by atoms with Crippen LogP contribution in [0.4, 0.5) is 0 Å². The lowest BCUT2D eigenvalue weighted by Crippen LogP contribution is -2.29. The molecule has 0 aromatic heterocycles. The van der Waals surface area contributed by atoms with Gasteiger partial charge in [0.2, 0.25) is 0 Å². The fourth-order valence-corrected chi connectivity index (χ4v) is 6.37. The molecule has 10 nitrogen and oxygen atoms in total. The summed E-state index contributed by atoms with van der Waals surface area (Å²) in [4.78, 5) is 34.8. The summed E-state index contributed by atoms with van der Waals surface area (Å²) in [7, 11) is -4.39. The van der Waals surface area contributed by atoms with Crippen LogP contribution >= 0.6 is 7.82 Å². The highest BCUT2D eigenvalue weighted by Crippen LogP contribution is 2.43. The molecule has 0 aromatic carbocycles. The number of carbonyl (C=O) groups is 2. The quantitative estimate of drug-likeness (QED) is 0.0180. The summed E-state index contributed by atoms with van der Waals surface area (Å²) in [6.45, 7) is 3.46. The van der Waals surface area contributed by atoms with Gasteiger partial charge in [0.15, 0.2) is 6.10 Å². The van der Waals surface area contributed by atoms with Gasteiger partial charge in [-0.05, 0) is 64.2 Å². The van der Waals surface area contributed by atoms with Crippen LogP contribution in [-0.4, -0.2) is 60.5 Å². The predicted molar refractivity (Wildman–Crippen MR) is 221 cm³/mol. The molecule has 11 heteroatoms. The first kappa shape index (κ1) is 51.9. The molecule has 0 saturated heterocycles. The van der Waals surface area contributed by atoms with Crippen LogP contribution in [0.15, 0.2) is 48.6 Å². The molecular weight excluding hydrogens is 705 g/mol. The smallest absolute Gasteiger partial charge is 0.462 e. The summed E-state index contributed by atoms with van der Waals surface area (Å²) in [5, 5.41) is 9.86. The molecular formula is C43H78NO9P. The monoisotopic (exact) mass is 784 g/mol. The Morgan fingerprint density at radius 1 is 0.648 bits per heavy atom. The second kappa shape index (κ2) is 39.2. The average Bonchev–Trinajstić information content (AvgIpc) is 3.15. The minimum Gasteiger partial charge on any atom is -0.462 e. The Morgan fingerprint density at radius 2 is 1.19 bits per heavy atom. The van der Waals surface area contributed by atoms with Crippen molar-refractivity contribution in [1.82, 2.24) is 0 Å². The fraction of sp³-hybridized carbons (Fsp3) is 0.767. The van der Waals surface area contributed by atoms with E-state index in [2.05, 4.69) is 32.1 Å². The maximum atomic E-state index is 12.6. The average molecular weight is 784 g/mol. The number of unbranched alkanes of at least 4 members (excludes halogenated alkanes) is 18. The number of hydrogen-bond donors (Lipinski definition) is 3. The lowest BCUT2D eigenvalue weighted by Gasteiger charge is -2.19. The van der Waals surface area contributed by atoms with Crippen LogP contribution in [0.3, 0.4) is 0 Å². The lowest BCUT2D eigenvalue weighted by molar-refractivity contribution is -0.161. The van der Waals surface area contributed by atoms with Gasteiger partial charge >= 0.3 is 19.8 Å². The van der Waals surface area contributed by atoms with Gasteiger partial charge in [0.05, 0.1) is 19.3 Å². The van der Waals surface area contributed by atoms with E-state index >= 15 is 0 Å². The highest BCUT2D eigenvalue weighted by Gasteiger charge is 2.26. The summed E-state index contributed by atoms with van der Waals surface area (Å²) < 4.78 is 32.7. The fourth-order valence-electron chi connectivity index (χ4n) is 5.61. The zero-order valence-corrected chi connectivity index (χ0v) is 35.0. The molecule has 314 valence electrons. The molecule has 54 heavy (non-hydrogen) atoms. The Labute approximate surface area is 329 Å². The van der Waals surface area contributed by atoms with Gasteiger partial charge in [-0.25, -0.2) is 4.57 Å². The largest absolute Gasteiger partial charge is 0.472 e. The summed E-state index contributed by atoms with van der Waals surface area (Å²) >= 11 is 0. The minimum absolute atomic E-state index is 0.0404. The molecule has 0 aliphatic carbocycles. The highest BCUT2D eigenvalue weighted by molar-refractivity contribution is 7.47. The van der Waals surface area contributed by atoms with Gasteiger partial charge in [0.25, 0.3) is 0 Å². The van der Waals surface area contributed by atoms with E-state index in [-0.39, 0.29) is 32.6 Å². The third kappa shape index (κ3) is 38.2. The van der Waals surface area contributed by atoms with Gasteiger partial charge in [-0.3, -0.25) is 18.6 Å². The van der Waals surface area contributed by atoms with Gasteiger partial charge in [-0.2, -0.15) is 0 Å². The minimum atomic E-state index is -4.39. The summed E-state index contributed by atoms with van der Waals surface area (Å²) in [6.07, 6.45) is 40.4. The number of nitrogens with two attached hydrogens (primary N) is 1. The molecule has 0 saturated carbocycles. The van der Waals surface area contributed by atoms with Crippen molar-refractivity contribution in [3.05, 3.63) is 48.6 Å². The Kier molecular flexibility index (Phi) is 37.7. The molecule has 0 bridgehead atoms. The van der Waals surface area contributed by atoms with Gasteiger partial charge in [-0.15, -0.1) is 0 Å². The van der Waals surface area contributed by atoms with Crippen molar-refractivity contribution in [2.45, 2.75) is 187 Å². The first-order valence-electron chi connectivity index (χ1n) is 21.2. The number of rotatable bonds is 39. The number of aliphatic hydroxyl groups is 1. The molecule has 0 rings (SSSR count). The standard InChI is InChI=1S/C43H78NO9P/c1-3-5-7-8-9-10-11-12-13-14-15-16-17-20-24-27-31-35-43(47)53-41(39-52-54(48,49)51-37-36-44)38-50-42(46)34-30-26-23-21-18-19-22-25-29-33-40(45)32-28-6-4-2/h6,12-13,22,25,28-29,33,40-41,45H,3-5,7-11,14-21,23-24,26-27,30-32,34-39,44H2,1-2H3,(H,48,49)/b13-12-,25-22+,28-6+,33-29+/t40?,41-/m1/s1. The zero-order chi connectivity index (χ0) is 39.8. The molecule has 0 aromatic rings. The number of ether oxygens (including phenoxy) is 2. The second-order valence-corrected chi connectivity index (χ2v) is 15.5. The third-order valence-corrected chi connectivity index (χ3v) is 9.76. The second-order valence-electron chi connectivity index (χ2n) is 14.0. The van der Waals surface area contributed by atoms with E-state index in [9.17, 15) is 24.2 Å². The lowest BCUT2D eigenvalue weighted by atomic mass is 10.1. The molecule has 0 amide bonds. The van der Waals surface area contributed by atoms with E-state index < -0.39 is 38.6 Å². The number of aliphatic hydroxyl groups excluding tert-OH is 1. The van der Waals surface area contributed by atoms with Crippen LogP contribution in [0.1, 0.15) is 174 Å². The summed E-state index contributed by atoms with van der Waals surface area (Å²) in [6, 6.07) is 0. The Hall–Kier alpha value is -2.07. The summed E-state index contributed by atoms with van der Waals surface area (Å²) in [5.41, 5.74) is 5.34. The molecule has 2 unspecified atom stereocenters.